The van der Waals surface area contributed by atoms with Crippen LogP contribution in [0.2, 0.25) is 0 Å². The maximum absolute atomic E-state index is 5.81. The SMILES string of the molecule is COCCn1nc(-c2ccccc2)nc1COCc1ccccc1. The molecular formula is C19H21N3O2. The number of hydrogen-bond donors (Lipinski definition) is 0. The van der Waals surface area contributed by atoms with E-state index < -0.39 is 0 Å². The summed E-state index contributed by atoms with van der Waals surface area (Å²) in [4.78, 5) is 4.64. The van der Waals surface area contributed by atoms with E-state index in [0.29, 0.717) is 32.2 Å². The summed E-state index contributed by atoms with van der Waals surface area (Å²) in [5.74, 6) is 1.52. The molecule has 0 saturated heterocycles. The van der Waals surface area contributed by atoms with Crippen molar-refractivity contribution in [2.24, 2.45) is 0 Å². The van der Waals surface area contributed by atoms with Crippen molar-refractivity contribution < 1.29 is 9.47 Å². The molecule has 24 heavy (non-hydrogen) atoms. The highest BCUT2D eigenvalue weighted by atomic mass is 16.5. The minimum atomic E-state index is 0.415. The van der Waals surface area contributed by atoms with Gasteiger partial charge in [-0.3, -0.25) is 0 Å². The van der Waals surface area contributed by atoms with Gasteiger partial charge in [0.1, 0.15) is 6.61 Å². The van der Waals surface area contributed by atoms with Crippen LogP contribution < -0.4 is 0 Å². The van der Waals surface area contributed by atoms with Crippen molar-refractivity contribution in [2.75, 3.05) is 13.7 Å². The molecule has 1 aromatic heterocycles. The van der Waals surface area contributed by atoms with Gasteiger partial charge in [-0.05, 0) is 5.56 Å². The molecule has 5 nitrogen and oxygen atoms in total. The minimum absolute atomic E-state index is 0.415. The Bertz CT molecular complexity index is 742. The monoisotopic (exact) mass is 323 g/mol. The number of nitrogens with zero attached hydrogens (tertiary/aromatic N) is 3. The molecule has 0 fully saturated rings. The quantitative estimate of drug-likeness (QED) is 0.638. The third kappa shape index (κ3) is 4.28. The molecule has 1 heterocycles. The molecule has 0 aliphatic carbocycles. The number of ether oxygens (including phenoxy) is 2. The summed E-state index contributed by atoms with van der Waals surface area (Å²) in [6, 6.07) is 20.1. The van der Waals surface area contributed by atoms with E-state index in [1.165, 1.54) is 0 Å². The lowest BCUT2D eigenvalue weighted by Crippen LogP contribution is -2.11. The average molecular weight is 323 g/mol. The topological polar surface area (TPSA) is 49.2 Å². The molecule has 5 heteroatoms. The van der Waals surface area contributed by atoms with Crippen LogP contribution in [0.5, 0.6) is 0 Å². The van der Waals surface area contributed by atoms with Crippen LogP contribution in [0.3, 0.4) is 0 Å². The fourth-order valence-electron chi connectivity index (χ4n) is 2.38. The van der Waals surface area contributed by atoms with Crippen LogP contribution in [-0.4, -0.2) is 28.5 Å². The lowest BCUT2D eigenvalue weighted by molar-refractivity contribution is 0.0964. The van der Waals surface area contributed by atoms with Gasteiger partial charge in [-0.2, -0.15) is 5.10 Å². The second-order valence-electron chi connectivity index (χ2n) is 5.41. The van der Waals surface area contributed by atoms with Gasteiger partial charge < -0.3 is 9.47 Å². The molecular weight excluding hydrogens is 302 g/mol. The summed E-state index contributed by atoms with van der Waals surface area (Å²) in [6.07, 6.45) is 0. The number of benzene rings is 2. The van der Waals surface area contributed by atoms with Gasteiger partial charge in [-0.15, -0.1) is 0 Å². The number of aromatic nitrogens is 3. The molecule has 0 atom stereocenters. The molecule has 3 rings (SSSR count). The molecule has 0 unspecified atom stereocenters. The van der Waals surface area contributed by atoms with Crippen molar-refractivity contribution >= 4 is 0 Å². The first-order valence-electron chi connectivity index (χ1n) is 7.96. The van der Waals surface area contributed by atoms with Crippen LogP contribution in [0.1, 0.15) is 11.4 Å². The first-order valence-corrected chi connectivity index (χ1v) is 7.96. The van der Waals surface area contributed by atoms with E-state index in [2.05, 4.69) is 10.1 Å². The lowest BCUT2D eigenvalue weighted by Gasteiger charge is -2.06. The summed E-state index contributed by atoms with van der Waals surface area (Å²) in [5.41, 5.74) is 2.14. The van der Waals surface area contributed by atoms with Gasteiger partial charge in [0.05, 0.1) is 19.8 Å². The van der Waals surface area contributed by atoms with Gasteiger partial charge in [0.2, 0.25) is 0 Å². The second-order valence-corrected chi connectivity index (χ2v) is 5.41. The van der Waals surface area contributed by atoms with Crippen molar-refractivity contribution in [2.45, 2.75) is 19.8 Å². The number of rotatable bonds is 8. The molecule has 0 bridgehead atoms. The van der Waals surface area contributed by atoms with Gasteiger partial charge in [-0.25, -0.2) is 9.67 Å². The van der Waals surface area contributed by atoms with Crippen molar-refractivity contribution in [1.29, 1.82) is 0 Å². The van der Waals surface area contributed by atoms with Crippen LogP contribution in [0.25, 0.3) is 11.4 Å². The Morgan fingerprint density at radius 1 is 0.917 bits per heavy atom. The van der Waals surface area contributed by atoms with E-state index in [-0.39, 0.29) is 0 Å². The van der Waals surface area contributed by atoms with E-state index in [1.54, 1.807) is 7.11 Å². The van der Waals surface area contributed by atoms with Crippen LogP contribution >= 0.6 is 0 Å². The van der Waals surface area contributed by atoms with Crippen LogP contribution in [0.15, 0.2) is 60.7 Å². The zero-order valence-electron chi connectivity index (χ0n) is 13.8. The molecule has 3 aromatic rings. The van der Waals surface area contributed by atoms with Crippen LogP contribution in [0, 0.1) is 0 Å². The van der Waals surface area contributed by atoms with Gasteiger partial charge in [0.25, 0.3) is 0 Å². The Morgan fingerprint density at radius 3 is 2.33 bits per heavy atom. The van der Waals surface area contributed by atoms with E-state index in [1.807, 2.05) is 65.3 Å². The highest BCUT2D eigenvalue weighted by Gasteiger charge is 2.11. The Hall–Kier alpha value is -2.50. The van der Waals surface area contributed by atoms with Gasteiger partial charge in [0.15, 0.2) is 11.6 Å². The summed E-state index contributed by atoms with van der Waals surface area (Å²) < 4.78 is 12.8. The van der Waals surface area contributed by atoms with E-state index >= 15 is 0 Å². The fourth-order valence-corrected chi connectivity index (χ4v) is 2.38. The number of methoxy groups -OCH3 is 1. The highest BCUT2D eigenvalue weighted by molar-refractivity contribution is 5.53. The molecule has 0 saturated carbocycles. The van der Waals surface area contributed by atoms with E-state index in [4.69, 9.17) is 9.47 Å². The smallest absolute Gasteiger partial charge is 0.181 e. The predicted molar refractivity (Wildman–Crippen MR) is 92.3 cm³/mol. The maximum Gasteiger partial charge on any atom is 0.181 e. The van der Waals surface area contributed by atoms with Crippen molar-refractivity contribution in [3.63, 3.8) is 0 Å². The van der Waals surface area contributed by atoms with Crippen molar-refractivity contribution in [3.8, 4) is 11.4 Å². The average Bonchev–Trinajstić information content (AvgIpc) is 3.05. The largest absolute Gasteiger partial charge is 0.383 e. The lowest BCUT2D eigenvalue weighted by atomic mass is 10.2. The molecule has 0 N–H and O–H groups in total. The minimum Gasteiger partial charge on any atom is -0.383 e. The Morgan fingerprint density at radius 2 is 1.62 bits per heavy atom. The third-order valence-corrected chi connectivity index (χ3v) is 3.63. The van der Waals surface area contributed by atoms with Crippen molar-refractivity contribution in [3.05, 3.63) is 72.1 Å². The van der Waals surface area contributed by atoms with Gasteiger partial charge in [-0.1, -0.05) is 60.7 Å². The fraction of sp³-hybridized carbons (Fsp3) is 0.263. The zero-order chi connectivity index (χ0) is 16.6. The standard InChI is InChI=1S/C19H21N3O2/c1-23-13-12-22-18(15-24-14-16-8-4-2-5-9-16)20-19(21-22)17-10-6-3-7-11-17/h2-11H,12-15H2,1H3. The summed E-state index contributed by atoms with van der Waals surface area (Å²) in [5, 5.41) is 4.59. The molecule has 2 aromatic carbocycles. The second kappa shape index (κ2) is 8.38. The molecule has 124 valence electrons. The molecule has 0 aliphatic heterocycles. The predicted octanol–water partition coefficient (Wildman–Crippen LogP) is 3.31. The normalized spacial score (nSPS) is 10.9. The first kappa shape index (κ1) is 16.4. The first-order chi connectivity index (χ1) is 11.9. The Labute approximate surface area is 141 Å². The Kier molecular flexibility index (Phi) is 5.71. The molecule has 0 amide bonds. The molecule has 0 spiro atoms. The zero-order valence-corrected chi connectivity index (χ0v) is 13.8. The molecule has 0 aliphatic rings. The maximum atomic E-state index is 5.81. The molecule has 0 radical (unpaired) electrons. The van der Waals surface area contributed by atoms with Gasteiger partial charge in [0, 0.05) is 12.7 Å². The summed E-state index contributed by atoms with van der Waals surface area (Å²) >= 11 is 0. The van der Waals surface area contributed by atoms with Crippen LogP contribution in [0.4, 0.5) is 0 Å². The van der Waals surface area contributed by atoms with Gasteiger partial charge >= 0.3 is 0 Å². The van der Waals surface area contributed by atoms with E-state index in [0.717, 1.165) is 17.0 Å². The van der Waals surface area contributed by atoms with Crippen molar-refractivity contribution in [1.82, 2.24) is 14.8 Å². The summed E-state index contributed by atoms with van der Waals surface area (Å²) in [7, 11) is 1.68. The van der Waals surface area contributed by atoms with Crippen LogP contribution in [-0.2, 0) is 29.2 Å². The summed E-state index contributed by atoms with van der Waals surface area (Å²) in [6.45, 7) is 2.21. The van der Waals surface area contributed by atoms with E-state index in [9.17, 15) is 0 Å². The highest BCUT2D eigenvalue weighted by Crippen LogP contribution is 2.16. The Balaban J connectivity index is 1.71. The third-order valence-electron chi connectivity index (χ3n) is 3.63. The number of hydrogen-bond acceptors (Lipinski definition) is 4.